The minimum absolute atomic E-state index is 0.132. The molecule has 9 heteroatoms. The van der Waals surface area contributed by atoms with Gasteiger partial charge in [0, 0.05) is 22.9 Å². The van der Waals surface area contributed by atoms with Gasteiger partial charge in [-0.1, -0.05) is 6.92 Å². The fourth-order valence-electron chi connectivity index (χ4n) is 5.59. The van der Waals surface area contributed by atoms with Crippen molar-refractivity contribution >= 4 is 17.7 Å². The summed E-state index contributed by atoms with van der Waals surface area (Å²) >= 11 is 0. The topological polar surface area (TPSA) is 120 Å². The summed E-state index contributed by atoms with van der Waals surface area (Å²) in [6.45, 7) is 3.61. The number of allylic oxidation sites excluding steroid dienone is 3. The van der Waals surface area contributed by atoms with E-state index in [0.717, 1.165) is 25.7 Å². The molecule has 36 heavy (non-hydrogen) atoms. The van der Waals surface area contributed by atoms with Crippen LogP contribution in [-0.2, 0) is 23.9 Å². The van der Waals surface area contributed by atoms with Crippen molar-refractivity contribution in [3.05, 3.63) is 40.2 Å². The summed E-state index contributed by atoms with van der Waals surface area (Å²) < 4.78 is 21.5. The lowest BCUT2D eigenvalue weighted by Crippen LogP contribution is -2.43. The Hall–Kier alpha value is -3.49. The number of carbonyl (C=O) groups is 3. The van der Waals surface area contributed by atoms with Crippen LogP contribution in [0.4, 0.5) is 0 Å². The van der Waals surface area contributed by atoms with Gasteiger partial charge in [0.1, 0.15) is 12.0 Å². The number of dihydropyridines is 1. The van der Waals surface area contributed by atoms with Crippen molar-refractivity contribution in [2.75, 3.05) is 21.3 Å². The number of methoxy groups -OCH3 is 3. The van der Waals surface area contributed by atoms with Gasteiger partial charge in [-0.25, -0.2) is 4.79 Å². The third-order valence-electron chi connectivity index (χ3n) is 7.37. The van der Waals surface area contributed by atoms with Crippen molar-refractivity contribution in [2.45, 2.75) is 58.0 Å². The Labute approximate surface area is 210 Å². The predicted molar refractivity (Wildman–Crippen MR) is 129 cm³/mol. The summed E-state index contributed by atoms with van der Waals surface area (Å²) in [5.74, 6) is -3.61. The van der Waals surface area contributed by atoms with Gasteiger partial charge in [0.25, 0.3) is 0 Å². The molecule has 1 heterocycles. The zero-order chi connectivity index (χ0) is 26.1. The first-order valence-electron chi connectivity index (χ1n) is 12.2. The Kier molecular flexibility index (Phi) is 7.28. The van der Waals surface area contributed by atoms with Crippen LogP contribution in [0, 0.1) is 11.8 Å². The van der Waals surface area contributed by atoms with Crippen LogP contribution in [0.1, 0.15) is 57.4 Å². The number of phenols is 1. The average Bonchev–Trinajstić information content (AvgIpc) is 3.36. The number of ether oxygens (including phenoxy) is 4. The lowest BCUT2D eigenvalue weighted by molar-refractivity contribution is -0.151. The zero-order valence-electron chi connectivity index (χ0n) is 21.3. The molecule has 0 spiro atoms. The molecule has 0 aromatic heterocycles. The van der Waals surface area contributed by atoms with Crippen molar-refractivity contribution in [2.24, 2.45) is 11.8 Å². The van der Waals surface area contributed by atoms with Crippen LogP contribution in [-0.4, -0.2) is 50.3 Å². The van der Waals surface area contributed by atoms with Gasteiger partial charge in [0.05, 0.1) is 26.9 Å². The maximum atomic E-state index is 13.9. The van der Waals surface area contributed by atoms with E-state index in [1.807, 2.05) is 6.92 Å². The number of benzene rings is 1. The molecule has 0 bridgehead atoms. The number of hydrogen-bond donors (Lipinski definition) is 2. The minimum Gasteiger partial charge on any atom is -0.502 e. The molecule has 1 aromatic carbocycles. The van der Waals surface area contributed by atoms with Crippen molar-refractivity contribution in [3.63, 3.8) is 0 Å². The third kappa shape index (κ3) is 4.42. The highest BCUT2D eigenvalue weighted by Crippen LogP contribution is 2.49. The van der Waals surface area contributed by atoms with Crippen molar-refractivity contribution < 1.29 is 38.4 Å². The van der Waals surface area contributed by atoms with Gasteiger partial charge in [-0.05, 0) is 62.6 Å². The molecular weight excluding hydrogens is 466 g/mol. The van der Waals surface area contributed by atoms with Crippen LogP contribution in [0.3, 0.4) is 0 Å². The number of Topliss-reactive ketones (excluding diaryl/α,β-unsaturated/α-hetero) is 1. The van der Waals surface area contributed by atoms with Crippen molar-refractivity contribution in [3.8, 4) is 17.2 Å². The summed E-state index contributed by atoms with van der Waals surface area (Å²) in [5.41, 5.74) is 2.31. The highest BCUT2D eigenvalue weighted by Gasteiger charge is 2.47. The standard InChI is InChI=1S/C27H33NO8/c1-13-10-17-23(25(30)20(13)26(31)35-5)22(15-11-18(33-3)24(29)19(12-15)34-4)21(14(2)28-17)27(32)36-16-8-6-7-9-16/h11-13,16,20,22,28-29H,6-10H2,1-5H3/t13-,20-,22+/m1/s1. The number of hydrogen-bond acceptors (Lipinski definition) is 9. The summed E-state index contributed by atoms with van der Waals surface area (Å²) in [6.07, 6.45) is 3.83. The molecule has 4 rings (SSSR count). The fourth-order valence-corrected chi connectivity index (χ4v) is 5.59. The van der Waals surface area contributed by atoms with E-state index in [9.17, 15) is 19.5 Å². The molecule has 9 nitrogen and oxygen atoms in total. The highest BCUT2D eigenvalue weighted by atomic mass is 16.5. The Morgan fingerprint density at radius 1 is 1.06 bits per heavy atom. The summed E-state index contributed by atoms with van der Waals surface area (Å²) in [6, 6.07) is 3.15. The van der Waals surface area contributed by atoms with Gasteiger partial charge >= 0.3 is 11.9 Å². The van der Waals surface area contributed by atoms with E-state index in [4.69, 9.17) is 18.9 Å². The number of esters is 2. The molecule has 2 aliphatic carbocycles. The van der Waals surface area contributed by atoms with E-state index in [0.29, 0.717) is 29.0 Å². The first-order valence-corrected chi connectivity index (χ1v) is 12.2. The average molecular weight is 500 g/mol. The van der Waals surface area contributed by atoms with Gasteiger partial charge < -0.3 is 29.4 Å². The Bertz CT molecular complexity index is 1120. The van der Waals surface area contributed by atoms with Crippen molar-refractivity contribution in [1.29, 1.82) is 0 Å². The number of ketones is 1. The summed E-state index contributed by atoms with van der Waals surface area (Å²) in [4.78, 5) is 40.0. The number of nitrogens with one attached hydrogen (secondary N) is 1. The maximum Gasteiger partial charge on any atom is 0.337 e. The van der Waals surface area contributed by atoms with Gasteiger partial charge in [-0.15, -0.1) is 0 Å². The monoisotopic (exact) mass is 499 g/mol. The molecule has 1 fully saturated rings. The molecule has 0 radical (unpaired) electrons. The number of phenolic OH excluding ortho intramolecular Hbond substituents is 1. The van der Waals surface area contributed by atoms with E-state index < -0.39 is 29.6 Å². The summed E-state index contributed by atoms with van der Waals surface area (Å²) in [7, 11) is 4.07. The zero-order valence-corrected chi connectivity index (χ0v) is 21.3. The van der Waals surface area contributed by atoms with Crippen LogP contribution >= 0.6 is 0 Å². The van der Waals surface area contributed by atoms with Crippen molar-refractivity contribution in [1.82, 2.24) is 5.32 Å². The maximum absolute atomic E-state index is 13.9. The van der Waals surface area contributed by atoms with Crippen LogP contribution < -0.4 is 14.8 Å². The number of aromatic hydroxyl groups is 1. The number of rotatable bonds is 6. The Morgan fingerprint density at radius 2 is 1.67 bits per heavy atom. The first kappa shape index (κ1) is 25.6. The van der Waals surface area contributed by atoms with Gasteiger partial charge in [-0.2, -0.15) is 0 Å². The molecular formula is C27H33NO8. The lowest BCUT2D eigenvalue weighted by Gasteiger charge is -2.38. The van der Waals surface area contributed by atoms with Crippen LogP contribution in [0.2, 0.25) is 0 Å². The second-order valence-electron chi connectivity index (χ2n) is 9.62. The highest BCUT2D eigenvalue weighted by molar-refractivity contribution is 6.12. The van der Waals surface area contributed by atoms with Crippen LogP contribution in [0.5, 0.6) is 17.2 Å². The lowest BCUT2D eigenvalue weighted by atomic mass is 9.69. The second-order valence-corrected chi connectivity index (χ2v) is 9.62. The van der Waals surface area contributed by atoms with E-state index in [1.165, 1.54) is 21.3 Å². The molecule has 3 atom stereocenters. The normalized spacial score (nSPS) is 24.2. The van der Waals surface area contributed by atoms with Gasteiger partial charge in [-0.3, -0.25) is 9.59 Å². The molecule has 1 aromatic rings. The van der Waals surface area contributed by atoms with E-state index >= 15 is 0 Å². The molecule has 194 valence electrons. The smallest absolute Gasteiger partial charge is 0.337 e. The minimum atomic E-state index is -0.996. The Balaban J connectivity index is 1.89. The second kappa shape index (κ2) is 10.2. The predicted octanol–water partition coefficient (Wildman–Crippen LogP) is 3.51. The number of carbonyl (C=O) groups excluding carboxylic acids is 3. The summed E-state index contributed by atoms with van der Waals surface area (Å²) in [5, 5.41) is 13.7. The largest absolute Gasteiger partial charge is 0.502 e. The SMILES string of the molecule is COC(=O)[C@H]1C(=O)C2=C(C[C@H]1C)NC(C)=C(C(=O)OC1CCCC1)[C@@H]2c1cc(OC)c(O)c(OC)c1. The van der Waals surface area contributed by atoms with Crippen LogP contribution in [0.25, 0.3) is 0 Å². The first-order chi connectivity index (χ1) is 17.2. The molecule has 0 unspecified atom stereocenters. The van der Waals surface area contributed by atoms with Gasteiger partial charge in [0.2, 0.25) is 5.75 Å². The third-order valence-corrected chi connectivity index (χ3v) is 7.37. The molecule has 0 amide bonds. The van der Waals surface area contributed by atoms with E-state index in [1.54, 1.807) is 19.1 Å². The molecule has 0 saturated heterocycles. The van der Waals surface area contributed by atoms with E-state index in [-0.39, 0.29) is 34.8 Å². The van der Waals surface area contributed by atoms with Gasteiger partial charge in [0.15, 0.2) is 17.3 Å². The van der Waals surface area contributed by atoms with Crippen LogP contribution in [0.15, 0.2) is 34.7 Å². The Morgan fingerprint density at radius 3 is 2.22 bits per heavy atom. The quantitative estimate of drug-likeness (QED) is 0.447. The molecule has 1 aliphatic heterocycles. The molecule has 2 N–H and O–H groups in total. The fraction of sp³-hybridized carbons (Fsp3) is 0.519. The van der Waals surface area contributed by atoms with E-state index in [2.05, 4.69) is 5.32 Å². The molecule has 1 saturated carbocycles. The molecule has 3 aliphatic rings.